The van der Waals surface area contributed by atoms with Gasteiger partial charge in [0.25, 0.3) is 0 Å². The van der Waals surface area contributed by atoms with Crippen molar-refractivity contribution in [2.24, 2.45) is 0 Å². The van der Waals surface area contributed by atoms with E-state index in [0.717, 1.165) is 17.7 Å². The van der Waals surface area contributed by atoms with Gasteiger partial charge in [-0.25, -0.2) is 26.9 Å². The third kappa shape index (κ3) is 6.19. The number of nitrogens with zero attached hydrogens (tertiary/aromatic N) is 1. The Kier molecular flexibility index (Phi) is 7.13. The molecule has 0 aliphatic rings. The van der Waals surface area contributed by atoms with E-state index in [2.05, 4.69) is 15.0 Å². The first kappa shape index (κ1) is 22.6. The van der Waals surface area contributed by atoms with Gasteiger partial charge >= 0.3 is 0 Å². The van der Waals surface area contributed by atoms with Gasteiger partial charge in [-0.05, 0) is 31.2 Å². The molecule has 0 saturated heterocycles. The van der Waals surface area contributed by atoms with Crippen molar-refractivity contribution >= 4 is 15.9 Å². The maximum atomic E-state index is 13.8. The lowest BCUT2D eigenvalue weighted by Gasteiger charge is -2.08. The van der Waals surface area contributed by atoms with Crippen LogP contribution in [0, 0.1) is 18.6 Å². The first-order valence-electron chi connectivity index (χ1n) is 9.48. The van der Waals surface area contributed by atoms with Crippen molar-refractivity contribution in [3.63, 3.8) is 0 Å². The molecule has 2 aromatic carbocycles. The zero-order valence-electron chi connectivity index (χ0n) is 16.7. The minimum Gasteiger partial charge on any atom is -0.441 e. The maximum Gasteiger partial charge on any atom is 0.240 e. The molecule has 3 rings (SSSR count). The average Bonchev–Trinajstić information content (AvgIpc) is 3.19. The molecule has 1 aromatic heterocycles. The van der Waals surface area contributed by atoms with Gasteiger partial charge in [-0.1, -0.05) is 17.7 Å². The Bertz CT molecular complexity index is 1160. The van der Waals surface area contributed by atoms with Gasteiger partial charge in [0.05, 0.1) is 16.7 Å². The standard InChI is InChI=1S/C21H21F2N3O4S/c1-14-2-5-16(6-3-14)31(28,29)26-11-10-24-20(27)8-9-21-25-13-19(30-21)17-7-4-15(22)12-18(17)23/h2-7,12-13,26H,8-11H2,1H3,(H,24,27). The van der Waals surface area contributed by atoms with Gasteiger partial charge < -0.3 is 9.73 Å². The zero-order chi connectivity index (χ0) is 22.4. The van der Waals surface area contributed by atoms with Crippen LogP contribution in [-0.2, 0) is 21.2 Å². The summed E-state index contributed by atoms with van der Waals surface area (Å²) in [4.78, 5) is 16.1. The van der Waals surface area contributed by atoms with Crippen LogP contribution < -0.4 is 10.0 Å². The second-order valence-corrected chi connectivity index (χ2v) is 8.57. The molecule has 1 amide bonds. The highest BCUT2D eigenvalue weighted by atomic mass is 32.2. The predicted molar refractivity (Wildman–Crippen MR) is 110 cm³/mol. The molecule has 0 atom stereocenters. The largest absolute Gasteiger partial charge is 0.441 e. The monoisotopic (exact) mass is 449 g/mol. The number of carbonyl (C=O) groups excluding carboxylic acids is 1. The third-order valence-corrected chi connectivity index (χ3v) is 5.86. The van der Waals surface area contributed by atoms with Crippen molar-refractivity contribution in [3.8, 4) is 11.3 Å². The molecule has 0 aliphatic heterocycles. The van der Waals surface area contributed by atoms with Crippen molar-refractivity contribution < 1.29 is 26.4 Å². The molecule has 1 heterocycles. The number of benzene rings is 2. The molecule has 0 saturated carbocycles. The summed E-state index contributed by atoms with van der Waals surface area (Å²) in [6.07, 6.45) is 1.53. The summed E-state index contributed by atoms with van der Waals surface area (Å²) in [5.41, 5.74) is 1.03. The lowest BCUT2D eigenvalue weighted by atomic mass is 10.2. The first-order valence-corrected chi connectivity index (χ1v) is 11.0. The molecule has 0 aliphatic carbocycles. The lowest BCUT2D eigenvalue weighted by Crippen LogP contribution is -2.34. The lowest BCUT2D eigenvalue weighted by molar-refractivity contribution is -0.121. The minimum atomic E-state index is -3.64. The number of hydrogen-bond acceptors (Lipinski definition) is 5. The fourth-order valence-electron chi connectivity index (χ4n) is 2.74. The minimum absolute atomic E-state index is 0.0367. The fraction of sp³-hybridized carbons (Fsp3) is 0.238. The van der Waals surface area contributed by atoms with E-state index < -0.39 is 21.7 Å². The van der Waals surface area contributed by atoms with E-state index in [0.29, 0.717) is 0 Å². The smallest absolute Gasteiger partial charge is 0.240 e. The van der Waals surface area contributed by atoms with Crippen molar-refractivity contribution in [2.45, 2.75) is 24.7 Å². The molecule has 0 fully saturated rings. The normalized spacial score (nSPS) is 11.5. The van der Waals surface area contributed by atoms with E-state index in [4.69, 9.17) is 4.42 Å². The van der Waals surface area contributed by atoms with Crippen LogP contribution in [-0.4, -0.2) is 32.4 Å². The fourth-order valence-corrected chi connectivity index (χ4v) is 3.77. The molecule has 3 aromatic rings. The van der Waals surface area contributed by atoms with Crippen LogP contribution in [0.2, 0.25) is 0 Å². The Labute approximate surface area is 178 Å². The Balaban J connectivity index is 1.43. The van der Waals surface area contributed by atoms with Crippen LogP contribution >= 0.6 is 0 Å². The van der Waals surface area contributed by atoms with Gasteiger partial charge in [-0.2, -0.15) is 0 Å². The number of rotatable bonds is 9. The second-order valence-electron chi connectivity index (χ2n) is 6.80. The number of oxazole rings is 1. The summed E-state index contributed by atoms with van der Waals surface area (Å²) in [6.45, 7) is 2.01. The van der Waals surface area contributed by atoms with Crippen molar-refractivity contribution in [3.05, 3.63) is 71.8 Å². The number of nitrogens with one attached hydrogen (secondary N) is 2. The maximum absolute atomic E-state index is 13.8. The topological polar surface area (TPSA) is 101 Å². The van der Waals surface area contributed by atoms with Crippen LogP contribution in [0.25, 0.3) is 11.3 Å². The number of sulfonamides is 1. The van der Waals surface area contributed by atoms with Crippen molar-refractivity contribution in [1.29, 1.82) is 0 Å². The third-order valence-electron chi connectivity index (χ3n) is 4.39. The number of amides is 1. The molecular formula is C21H21F2N3O4S. The van der Waals surface area contributed by atoms with Gasteiger partial charge in [0, 0.05) is 32.0 Å². The summed E-state index contributed by atoms with van der Waals surface area (Å²) >= 11 is 0. The summed E-state index contributed by atoms with van der Waals surface area (Å²) in [6, 6.07) is 9.54. The first-order chi connectivity index (χ1) is 14.7. The van der Waals surface area contributed by atoms with Gasteiger partial charge in [0.1, 0.15) is 11.6 Å². The SMILES string of the molecule is Cc1ccc(S(=O)(=O)NCCNC(=O)CCc2ncc(-c3ccc(F)cc3F)o2)cc1. The highest BCUT2D eigenvalue weighted by Crippen LogP contribution is 2.24. The van der Waals surface area contributed by atoms with Crippen molar-refractivity contribution in [1.82, 2.24) is 15.0 Å². The van der Waals surface area contributed by atoms with Gasteiger partial charge in [-0.3, -0.25) is 4.79 Å². The number of carbonyl (C=O) groups is 1. The highest BCUT2D eigenvalue weighted by Gasteiger charge is 2.14. The quantitative estimate of drug-likeness (QED) is 0.489. The molecule has 2 N–H and O–H groups in total. The van der Waals surface area contributed by atoms with E-state index in [-0.39, 0.29) is 53.9 Å². The van der Waals surface area contributed by atoms with Gasteiger partial charge in [0.2, 0.25) is 15.9 Å². The van der Waals surface area contributed by atoms with E-state index in [9.17, 15) is 22.0 Å². The molecule has 164 valence electrons. The number of aromatic nitrogens is 1. The Morgan fingerprint density at radius 3 is 2.55 bits per heavy atom. The molecule has 31 heavy (non-hydrogen) atoms. The number of hydrogen-bond donors (Lipinski definition) is 2. The molecular weight excluding hydrogens is 428 g/mol. The van der Waals surface area contributed by atoms with Crippen LogP contribution in [0.1, 0.15) is 17.9 Å². The highest BCUT2D eigenvalue weighted by molar-refractivity contribution is 7.89. The number of aryl methyl sites for hydroxylation is 2. The van der Waals surface area contributed by atoms with Crippen molar-refractivity contribution in [2.75, 3.05) is 13.1 Å². The van der Waals surface area contributed by atoms with Crippen LogP contribution in [0.4, 0.5) is 8.78 Å². The van der Waals surface area contributed by atoms with Gasteiger partial charge in [-0.15, -0.1) is 0 Å². The van der Waals surface area contributed by atoms with Crippen LogP contribution in [0.5, 0.6) is 0 Å². The number of halogens is 2. The predicted octanol–water partition coefficient (Wildman–Crippen LogP) is 2.96. The average molecular weight is 449 g/mol. The zero-order valence-corrected chi connectivity index (χ0v) is 17.5. The Morgan fingerprint density at radius 2 is 1.84 bits per heavy atom. The van der Waals surface area contributed by atoms with Crippen LogP contribution in [0.15, 0.2) is 58.0 Å². The van der Waals surface area contributed by atoms with E-state index in [1.165, 1.54) is 24.4 Å². The van der Waals surface area contributed by atoms with E-state index >= 15 is 0 Å². The molecule has 0 spiro atoms. The molecule has 0 radical (unpaired) electrons. The second kappa shape index (κ2) is 9.80. The summed E-state index contributed by atoms with van der Waals surface area (Å²) in [5, 5.41) is 2.60. The molecule has 0 bridgehead atoms. The molecule has 7 nitrogen and oxygen atoms in total. The molecule has 0 unspecified atom stereocenters. The summed E-state index contributed by atoms with van der Waals surface area (Å²) < 4.78 is 59.0. The van der Waals surface area contributed by atoms with E-state index in [1.54, 1.807) is 12.1 Å². The van der Waals surface area contributed by atoms with Gasteiger partial charge in [0.15, 0.2) is 11.7 Å². The van der Waals surface area contributed by atoms with Crippen LogP contribution in [0.3, 0.4) is 0 Å². The summed E-state index contributed by atoms with van der Waals surface area (Å²) in [5.74, 6) is -1.41. The van der Waals surface area contributed by atoms with E-state index in [1.807, 2.05) is 6.92 Å². The summed E-state index contributed by atoms with van der Waals surface area (Å²) in [7, 11) is -3.64. The Morgan fingerprint density at radius 1 is 1.10 bits per heavy atom. The molecule has 10 heteroatoms. The Hall–Kier alpha value is -3.11.